The lowest BCUT2D eigenvalue weighted by atomic mass is 10.3. The zero-order valence-electron chi connectivity index (χ0n) is 10.9. The molecule has 19 heavy (non-hydrogen) atoms. The van der Waals surface area contributed by atoms with Crippen LogP contribution in [-0.2, 0) is 20.0 Å². The third-order valence-electron chi connectivity index (χ3n) is 3.05. The second-order valence-electron chi connectivity index (χ2n) is 4.28. The first-order valence-electron chi connectivity index (χ1n) is 6.24. The van der Waals surface area contributed by atoms with Crippen molar-refractivity contribution >= 4 is 27.5 Å². The van der Waals surface area contributed by atoms with Gasteiger partial charge in [-0.2, -0.15) is 0 Å². The first-order valence-corrected chi connectivity index (χ1v) is 7.06. The summed E-state index contributed by atoms with van der Waals surface area (Å²) < 4.78 is 2.10. The predicted octanol–water partition coefficient (Wildman–Crippen LogP) is 2.60. The number of aromatic nitrogens is 4. The molecule has 0 amide bonds. The molecule has 0 saturated carbocycles. The molecule has 0 saturated heterocycles. The summed E-state index contributed by atoms with van der Waals surface area (Å²) in [5.74, 6) is 0.995. The fraction of sp³-hybridized carbons (Fsp3) is 0.308. The first kappa shape index (κ1) is 12.1. The van der Waals surface area contributed by atoms with Crippen LogP contribution in [0.2, 0.25) is 0 Å². The monoisotopic (exact) mass is 273 g/mol. The molecule has 3 rings (SSSR count). The molecule has 0 aliphatic heterocycles. The molecule has 0 aliphatic rings. The van der Waals surface area contributed by atoms with E-state index in [9.17, 15) is 0 Å². The minimum absolute atomic E-state index is 0.656. The van der Waals surface area contributed by atoms with Gasteiger partial charge in [0.2, 0.25) is 5.13 Å². The van der Waals surface area contributed by atoms with Gasteiger partial charge in [-0.15, -0.1) is 10.2 Å². The number of nitrogens with zero attached hydrogens (tertiary/aromatic N) is 4. The van der Waals surface area contributed by atoms with Gasteiger partial charge in [0.1, 0.15) is 10.8 Å². The van der Waals surface area contributed by atoms with Crippen molar-refractivity contribution in [2.45, 2.75) is 19.9 Å². The van der Waals surface area contributed by atoms with Crippen LogP contribution in [0.3, 0.4) is 0 Å². The number of benzene rings is 1. The summed E-state index contributed by atoms with van der Waals surface area (Å²) in [6, 6.07) is 8.13. The topological polar surface area (TPSA) is 55.6 Å². The maximum atomic E-state index is 4.61. The largest absolute Gasteiger partial charge is 0.353 e. The summed E-state index contributed by atoms with van der Waals surface area (Å²) in [7, 11) is 2.03. The third-order valence-corrected chi connectivity index (χ3v) is 4.07. The van der Waals surface area contributed by atoms with E-state index in [0.717, 1.165) is 33.4 Å². The van der Waals surface area contributed by atoms with E-state index in [1.54, 1.807) is 11.3 Å². The van der Waals surface area contributed by atoms with Crippen LogP contribution in [0.1, 0.15) is 17.8 Å². The smallest absolute Gasteiger partial charge is 0.206 e. The highest BCUT2D eigenvalue weighted by molar-refractivity contribution is 7.15. The molecule has 2 heterocycles. The van der Waals surface area contributed by atoms with Gasteiger partial charge in [-0.3, -0.25) is 0 Å². The molecule has 98 valence electrons. The van der Waals surface area contributed by atoms with Crippen LogP contribution in [0.25, 0.3) is 11.0 Å². The average Bonchev–Trinajstić information content (AvgIpc) is 3.02. The van der Waals surface area contributed by atoms with Crippen molar-refractivity contribution in [3.05, 3.63) is 35.1 Å². The first-order chi connectivity index (χ1) is 9.28. The minimum Gasteiger partial charge on any atom is -0.353 e. The van der Waals surface area contributed by atoms with Gasteiger partial charge in [0.25, 0.3) is 0 Å². The van der Waals surface area contributed by atoms with Crippen molar-refractivity contribution in [1.82, 2.24) is 19.7 Å². The molecule has 3 aromatic rings. The number of hydrogen-bond acceptors (Lipinski definition) is 5. The van der Waals surface area contributed by atoms with Gasteiger partial charge in [-0.05, 0) is 18.6 Å². The Morgan fingerprint density at radius 1 is 1.26 bits per heavy atom. The molecule has 0 unspecified atom stereocenters. The highest BCUT2D eigenvalue weighted by Gasteiger charge is 2.08. The maximum absolute atomic E-state index is 4.61. The van der Waals surface area contributed by atoms with E-state index in [-0.39, 0.29) is 0 Å². The van der Waals surface area contributed by atoms with E-state index >= 15 is 0 Å². The Labute approximate surface area is 115 Å². The highest BCUT2D eigenvalue weighted by Crippen LogP contribution is 2.18. The maximum Gasteiger partial charge on any atom is 0.206 e. The highest BCUT2D eigenvalue weighted by atomic mass is 32.1. The van der Waals surface area contributed by atoms with E-state index in [4.69, 9.17) is 0 Å². The van der Waals surface area contributed by atoms with E-state index in [2.05, 4.69) is 38.1 Å². The van der Waals surface area contributed by atoms with E-state index in [0.29, 0.717) is 6.54 Å². The summed E-state index contributed by atoms with van der Waals surface area (Å²) in [5, 5.41) is 13.4. The summed E-state index contributed by atoms with van der Waals surface area (Å²) in [6.45, 7) is 2.74. The fourth-order valence-electron chi connectivity index (χ4n) is 1.98. The van der Waals surface area contributed by atoms with Crippen molar-refractivity contribution < 1.29 is 0 Å². The van der Waals surface area contributed by atoms with Crippen LogP contribution in [0.4, 0.5) is 5.13 Å². The van der Waals surface area contributed by atoms with Gasteiger partial charge in [0, 0.05) is 7.05 Å². The Morgan fingerprint density at radius 2 is 2.11 bits per heavy atom. The van der Waals surface area contributed by atoms with Gasteiger partial charge in [-0.1, -0.05) is 30.4 Å². The molecule has 2 aromatic heterocycles. The second kappa shape index (κ2) is 4.97. The SMILES string of the molecule is CCc1nnc(NCc2nc3ccccc3n2C)s1. The number of fused-ring (bicyclic) bond motifs is 1. The van der Waals surface area contributed by atoms with Gasteiger partial charge in [0.05, 0.1) is 17.6 Å². The van der Waals surface area contributed by atoms with Crippen molar-refractivity contribution in [3.63, 3.8) is 0 Å². The Hall–Kier alpha value is -1.95. The van der Waals surface area contributed by atoms with Crippen LogP contribution >= 0.6 is 11.3 Å². The zero-order valence-corrected chi connectivity index (χ0v) is 11.7. The van der Waals surface area contributed by atoms with Crippen LogP contribution in [-0.4, -0.2) is 19.7 Å². The normalized spacial score (nSPS) is 11.1. The predicted molar refractivity (Wildman–Crippen MR) is 77.3 cm³/mol. The van der Waals surface area contributed by atoms with E-state index in [1.807, 2.05) is 25.2 Å². The molecule has 1 aromatic carbocycles. The molecule has 0 spiro atoms. The Kier molecular flexibility index (Phi) is 3.16. The molecule has 0 fully saturated rings. The van der Waals surface area contributed by atoms with Crippen molar-refractivity contribution in [2.75, 3.05) is 5.32 Å². The van der Waals surface area contributed by atoms with Crippen LogP contribution in [0.15, 0.2) is 24.3 Å². The standard InChI is InChI=1S/C13H15N5S/c1-3-12-16-17-13(19-12)14-8-11-15-9-6-4-5-7-10(9)18(11)2/h4-7H,3,8H2,1-2H3,(H,14,17). The molecule has 5 nitrogen and oxygen atoms in total. The average molecular weight is 273 g/mol. The third kappa shape index (κ3) is 2.31. The molecule has 0 bridgehead atoms. The summed E-state index contributed by atoms with van der Waals surface area (Å²) in [6.07, 6.45) is 0.922. The van der Waals surface area contributed by atoms with Crippen LogP contribution in [0.5, 0.6) is 0 Å². The molecular formula is C13H15N5S. The molecule has 0 radical (unpaired) electrons. The Balaban J connectivity index is 1.79. The lowest BCUT2D eigenvalue weighted by molar-refractivity contribution is 0.831. The molecule has 0 aliphatic carbocycles. The number of para-hydroxylation sites is 2. The van der Waals surface area contributed by atoms with E-state index in [1.165, 1.54) is 0 Å². The summed E-state index contributed by atoms with van der Waals surface area (Å²) in [4.78, 5) is 4.61. The number of imidazole rings is 1. The van der Waals surface area contributed by atoms with Gasteiger partial charge < -0.3 is 9.88 Å². The van der Waals surface area contributed by atoms with Gasteiger partial charge in [0.15, 0.2) is 0 Å². The minimum atomic E-state index is 0.656. The number of rotatable bonds is 4. The van der Waals surface area contributed by atoms with Crippen LogP contribution < -0.4 is 5.32 Å². The lowest BCUT2D eigenvalue weighted by Gasteiger charge is -2.02. The second-order valence-corrected chi connectivity index (χ2v) is 5.35. The zero-order chi connectivity index (χ0) is 13.2. The van der Waals surface area contributed by atoms with Crippen molar-refractivity contribution in [2.24, 2.45) is 7.05 Å². The summed E-state index contributed by atoms with van der Waals surface area (Å²) in [5.41, 5.74) is 2.17. The van der Waals surface area contributed by atoms with Gasteiger partial charge in [-0.25, -0.2) is 4.98 Å². The number of hydrogen-bond donors (Lipinski definition) is 1. The Morgan fingerprint density at radius 3 is 2.84 bits per heavy atom. The summed E-state index contributed by atoms with van der Waals surface area (Å²) >= 11 is 1.59. The quantitative estimate of drug-likeness (QED) is 0.794. The molecule has 0 atom stereocenters. The molecular weight excluding hydrogens is 258 g/mol. The molecule has 6 heteroatoms. The number of nitrogens with one attached hydrogen (secondary N) is 1. The van der Waals surface area contributed by atoms with Gasteiger partial charge >= 0.3 is 0 Å². The fourth-order valence-corrected chi connectivity index (χ4v) is 2.65. The lowest BCUT2D eigenvalue weighted by Crippen LogP contribution is -2.05. The Bertz CT molecular complexity index is 700. The van der Waals surface area contributed by atoms with Crippen LogP contribution in [0, 0.1) is 0 Å². The molecule has 1 N–H and O–H groups in total. The number of aryl methyl sites for hydroxylation is 2. The van der Waals surface area contributed by atoms with Crippen molar-refractivity contribution in [3.8, 4) is 0 Å². The van der Waals surface area contributed by atoms with Crippen molar-refractivity contribution in [1.29, 1.82) is 0 Å². The number of anilines is 1. The van der Waals surface area contributed by atoms with E-state index < -0.39 is 0 Å².